The lowest BCUT2D eigenvalue weighted by Crippen LogP contribution is -2.16. The fourth-order valence-electron chi connectivity index (χ4n) is 2.33. The Hall–Kier alpha value is -1.94. The van der Waals surface area contributed by atoms with Crippen LogP contribution in [0, 0.1) is 0 Å². The van der Waals surface area contributed by atoms with Crippen molar-refractivity contribution >= 4 is 28.6 Å². The smallest absolute Gasteiger partial charge is 0.122 e. The first-order valence-electron chi connectivity index (χ1n) is 5.87. The summed E-state index contributed by atoms with van der Waals surface area (Å²) in [5, 5.41) is 0. The molecule has 3 rings (SSSR count). The molecule has 18 heavy (non-hydrogen) atoms. The number of nitrogens with zero attached hydrogens (tertiary/aromatic N) is 2. The third-order valence-corrected chi connectivity index (χ3v) is 3.40. The van der Waals surface area contributed by atoms with E-state index in [9.17, 15) is 0 Å². The summed E-state index contributed by atoms with van der Waals surface area (Å²) in [4.78, 5) is 6.79. The molecule has 0 saturated carbocycles. The molecule has 0 radical (unpaired) electrons. The quantitative estimate of drug-likeness (QED) is 0.837. The van der Waals surface area contributed by atoms with Crippen molar-refractivity contribution in [2.75, 3.05) is 11.4 Å². The number of rotatable bonds is 2. The summed E-state index contributed by atoms with van der Waals surface area (Å²) in [7, 11) is 0. The maximum Gasteiger partial charge on any atom is 0.122 e. The molecule has 2 N–H and O–H groups in total. The van der Waals surface area contributed by atoms with E-state index in [0.717, 1.165) is 18.7 Å². The molecule has 90 valence electrons. The van der Waals surface area contributed by atoms with Gasteiger partial charge in [0.2, 0.25) is 0 Å². The van der Waals surface area contributed by atoms with E-state index in [1.807, 2.05) is 12.1 Å². The van der Waals surface area contributed by atoms with Gasteiger partial charge in [0.25, 0.3) is 0 Å². The SMILES string of the molecule is NC(=S)c1cc(N2CCc3ccccc32)ccn1. The first-order chi connectivity index (χ1) is 8.75. The van der Waals surface area contributed by atoms with Crippen LogP contribution in [0.25, 0.3) is 0 Å². The Bertz CT molecular complexity index is 609. The van der Waals surface area contributed by atoms with Crippen LogP contribution in [0.2, 0.25) is 0 Å². The van der Waals surface area contributed by atoms with E-state index in [2.05, 4.69) is 34.1 Å². The van der Waals surface area contributed by atoms with E-state index in [4.69, 9.17) is 18.0 Å². The minimum Gasteiger partial charge on any atom is -0.388 e. The third-order valence-electron chi connectivity index (χ3n) is 3.19. The van der Waals surface area contributed by atoms with Crippen LogP contribution < -0.4 is 10.6 Å². The number of benzene rings is 1. The molecule has 0 spiro atoms. The molecule has 0 unspecified atom stereocenters. The van der Waals surface area contributed by atoms with Crippen LogP contribution in [0.15, 0.2) is 42.6 Å². The molecule has 0 atom stereocenters. The molecule has 0 fully saturated rings. The topological polar surface area (TPSA) is 42.1 Å². The average molecular weight is 255 g/mol. The van der Waals surface area contributed by atoms with Gasteiger partial charge in [-0.3, -0.25) is 4.98 Å². The zero-order valence-electron chi connectivity index (χ0n) is 9.84. The molecule has 1 aliphatic rings. The molecule has 3 nitrogen and oxygen atoms in total. The predicted molar refractivity (Wildman–Crippen MR) is 77.3 cm³/mol. The Morgan fingerprint density at radius 2 is 2.11 bits per heavy atom. The molecule has 0 bridgehead atoms. The Balaban J connectivity index is 2.02. The van der Waals surface area contributed by atoms with Crippen LogP contribution in [-0.4, -0.2) is 16.5 Å². The summed E-state index contributed by atoms with van der Waals surface area (Å²) in [5.74, 6) is 0. The molecule has 1 aromatic heterocycles. The Kier molecular flexibility index (Phi) is 2.72. The maximum absolute atomic E-state index is 5.63. The number of anilines is 2. The largest absolute Gasteiger partial charge is 0.388 e. The molecule has 2 aromatic rings. The number of nitrogens with two attached hydrogens (primary N) is 1. The van der Waals surface area contributed by atoms with Crippen molar-refractivity contribution in [1.82, 2.24) is 4.98 Å². The Morgan fingerprint density at radius 3 is 2.94 bits per heavy atom. The molecule has 4 heteroatoms. The van der Waals surface area contributed by atoms with E-state index < -0.39 is 0 Å². The van der Waals surface area contributed by atoms with Crippen LogP contribution in [-0.2, 0) is 6.42 Å². The average Bonchev–Trinajstić information content (AvgIpc) is 2.82. The minimum atomic E-state index is 0.337. The van der Waals surface area contributed by atoms with E-state index in [1.165, 1.54) is 11.3 Å². The van der Waals surface area contributed by atoms with Crippen molar-refractivity contribution in [2.45, 2.75) is 6.42 Å². The third kappa shape index (κ3) is 1.84. The zero-order chi connectivity index (χ0) is 12.5. The minimum absolute atomic E-state index is 0.337. The predicted octanol–water partition coefficient (Wildman–Crippen LogP) is 2.41. The van der Waals surface area contributed by atoms with Gasteiger partial charge < -0.3 is 10.6 Å². The van der Waals surface area contributed by atoms with Gasteiger partial charge in [-0.25, -0.2) is 0 Å². The summed E-state index contributed by atoms with van der Waals surface area (Å²) < 4.78 is 0. The van der Waals surface area contributed by atoms with Crippen LogP contribution in [0.5, 0.6) is 0 Å². The van der Waals surface area contributed by atoms with Crippen molar-refractivity contribution < 1.29 is 0 Å². The number of thiocarbonyl (C=S) groups is 1. The van der Waals surface area contributed by atoms with Crippen molar-refractivity contribution in [3.8, 4) is 0 Å². The summed E-state index contributed by atoms with van der Waals surface area (Å²) in [6.07, 6.45) is 2.83. The molecule has 1 aromatic carbocycles. The normalized spacial score (nSPS) is 13.4. The van der Waals surface area contributed by atoms with Gasteiger partial charge >= 0.3 is 0 Å². The fourth-order valence-corrected chi connectivity index (χ4v) is 2.44. The van der Waals surface area contributed by atoms with Crippen molar-refractivity contribution in [3.63, 3.8) is 0 Å². The van der Waals surface area contributed by atoms with Crippen LogP contribution in [0.3, 0.4) is 0 Å². The molecule has 0 aliphatic carbocycles. The summed E-state index contributed by atoms with van der Waals surface area (Å²) in [6.45, 7) is 0.986. The lowest BCUT2D eigenvalue weighted by atomic mass is 10.2. The van der Waals surface area contributed by atoms with Gasteiger partial charge in [0, 0.05) is 24.1 Å². The highest BCUT2D eigenvalue weighted by Gasteiger charge is 2.20. The van der Waals surface area contributed by atoms with Gasteiger partial charge in [-0.2, -0.15) is 0 Å². The van der Waals surface area contributed by atoms with Gasteiger partial charge in [-0.05, 0) is 30.2 Å². The summed E-state index contributed by atoms with van der Waals surface area (Å²) in [5.41, 5.74) is 10.0. The summed E-state index contributed by atoms with van der Waals surface area (Å²) >= 11 is 4.97. The van der Waals surface area contributed by atoms with Crippen molar-refractivity contribution in [3.05, 3.63) is 53.9 Å². The second kappa shape index (κ2) is 4.38. The number of para-hydroxylation sites is 1. The van der Waals surface area contributed by atoms with Crippen molar-refractivity contribution in [1.29, 1.82) is 0 Å². The molecular weight excluding hydrogens is 242 g/mol. The van der Waals surface area contributed by atoms with Gasteiger partial charge in [-0.1, -0.05) is 30.4 Å². The van der Waals surface area contributed by atoms with Gasteiger partial charge in [-0.15, -0.1) is 0 Å². The van der Waals surface area contributed by atoms with Crippen LogP contribution in [0.4, 0.5) is 11.4 Å². The Labute approximate surface area is 111 Å². The van der Waals surface area contributed by atoms with Crippen molar-refractivity contribution in [2.24, 2.45) is 5.73 Å². The lowest BCUT2D eigenvalue weighted by molar-refractivity contribution is 0.995. The molecule has 0 saturated heterocycles. The fraction of sp³-hybridized carbons (Fsp3) is 0.143. The number of fused-ring (bicyclic) bond motifs is 1. The number of pyridine rings is 1. The van der Waals surface area contributed by atoms with Gasteiger partial charge in [0.1, 0.15) is 4.99 Å². The molecule has 0 amide bonds. The zero-order valence-corrected chi connectivity index (χ0v) is 10.7. The van der Waals surface area contributed by atoms with Crippen LogP contribution >= 0.6 is 12.2 Å². The van der Waals surface area contributed by atoms with Crippen LogP contribution in [0.1, 0.15) is 11.3 Å². The molecular formula is C14H13N3S. The van der Waals surface area contributed by atoms with Gasteiger partial charge in [0.05, 0.1) is 5.69 Å². The first kappa shape index (κ1) is 11.2. The highest BCUT2D eigenvalue weighted by Crippen LogP contribution is 2.34. The van der Waals surface area contributed by atoms with E-state index in [-0.39, 0.29) is 0 Å². The Morgan fingerprint density at radius 1 is 1.28 bits per heavy atom. The molecule has 2 heterocycles. The monoisotopic (exact) mass is 255 g/mol. The first-order valence-corrected chi connectivity index (χ1v) is 6.28. The molecule has 1 aliphatic heterocycles. The highest BCUT2D eigenvalue weighted by atomic mass is 32.1. The van der Waals surface area contributed by atoms with E-state index >= 15 is 0 Å². The van der Waals surface area contributed by atoms with E-state index in [0.29, 0.717) is 10.7 Å². The summed E-state index contributed by atoms with van der Waals surface area (Å²) in [6, 6.07) is 12.4. The number of hydrogen-bond acceptors (Lipinski definition) is 3. The second-order valence-corrected chi connectivity index (χ2v) is 4.73. The second-order valence-electron chi connectivity index (χ2n) is 4.29. The maximum atomic E-state index is 5.63. The van der Waals surface area contributed by atoms with Gasteiger partial charge in [0.15, 0.2) is 0 Å². The lowest BCUT2D eigenvalue weighted by Gasteiger charge is -2.19. The number of aromatic nitrogens is 1. The highest BCUT2D eigenvalue weighted by molar-refractivity contribution is 7.80. The standard InChI is InChI=1S/C14H13N3S/c15-14(18)12-9-11(5-7-16-12)17-8-6-10-3-1-2-4-13(10)17/h1-5,7,9H,6,8H2,(H2,15,18). The van der Waals surface area contributed by atoms with E-state index in [1.54, 1.807) is 6.20 Å². The number of hydrogen-bond donors (Lipinski definition) is 1.